The van der Waals surface area contributed by atoms with Crippen molar-refractivity contribution < 1.29 is 14.3 Å². The van der Waals surface area contributed by atoms with E-state index in [1.807, 2.05) is 6.92 Å². The van der Waals surface area contributed by atoms with Crippen molar-refractivity contribution in [3.63, 3.8) is 0 Å². The Morgan fingerprint density at radius 3 is 2.61 bits per heavy atom. The molecule has 0 radical (unpaired) electrons. The second-order valence-corrected chi connectivity index (χ2v) is 5.50. The Kier molecular flexibility index (Phi) is 3.83. The summed E-state index contributed by atoms with van der Waals surface area (Å²) in [4.78, 5) is 24.6. The van der Waals surface area contributed by atoms with Crippen LogP contribution < -0.4 is 0 Å². The summed E-state index contributed by atoms with van der Waals surface area (Å²) in [6, 6.07) is 3.23. The standard InChI is InChI=1S/C11H10N2O3S2/c1-6-10(18-13-12-6)5-16-11(15)9-4-3-8(17-9)7(2)14/h3-4H,5H2,1-2H3. The van der Waals surface area contributed by atoms with Crippen LogP contribution in [-0.4, -0.2) is 21.3 Å². The van der Waals surface area contributed by atoms with Gasteiger partial charge in [0.2, 0.25) is 0 Å². The van der Waals surface area contributed by atoms with Crippen molar-refractivity contribution >= 4 is 34.6 Å². The van der Waals surface area contributed by atoms with Crippen LogP contribution in [0.2, 0.25) is 0 Å². The number of carbonyl (C=O) groups is 2. The van der Waals surface area contributed by atoms with Crippen LogP contribution in [0.3, 0.4) is 0 Å². The fourth-order valence-corrected chi connectivity index (χ4v) is 2.56. The van der Waals surface area contributed by atoms with E-state index in [-0.39, 0.29) is 12.4 Å². The van der Waals surface area contributed by atoms with Crippen molar-refractivity contribution in [1.29, 1.82) is 0 Å². The Bertz CT molecular complexity index is 589. The van der Waals surface area contributed by atoms with E-state index >= 15 is 0 Å². The predicted molar refractivity (Wildman–Crippen MR) is 68.1 cm³/mol. The van der Waals surface area contributed by atoms with Crippen LogP contribution in [0.25, 0.3) is 0 Å². The number of esters is 1. The summed E-state index contributed by atoms with van der Waals surface area (Å²) in [6.07, 6.45) is 0. The summed E-state index contributed by atoms with van der Waals surface area (Å²) in [6.45, 7) is 3.44. The lowest BCUT2D eigenvalue weighted by Gasteiger charge is -2.00. The van der Waals surface area contributed by atoms with E-state index in [0.29, 0.717) is 9.75 Å². The Morgan fingerprint density at radius 2 is 2.06 bits per heavy atom. The van der Waals surface area contributed by atoms with E-state index in [1.165, 1.54) is 18.5 Å². The zero-order valence-electron chi connectivity index (χ0n) is 9.80. The maximum Gasteiger partial charge on any atom is 0.348 e. The lowest BCUT2D eigenvalue weighted by Crippen LogP contribution is -2.02. The fourth-order valence-electron chi connectivity index (χ4n) is 1.22. The van der Waals surface area contributed by atoms with Gasteiger partial charge in [-0.15, -0.1) is 16.4 Å². The van der Waals surface area contributed by atoms with E-state index in [9.17, 15) is 9.59 Å². The third-order valence-electron chi connectivity index (χ3n) is 2.23. The van der Waals surface area contributed by atoms with Gasteiger partial charge in [-0.1, -0.05) is 4.49 Å². The predicted octanol–water partition coefficient (Wildman–Crippen LogP) is 2.47. The van der Waals surface area contributed by atoms with E-state index in [2.05, 4.69) is 9.59 Å². The molecule has 2 rings (SSSR count). The van der Waals surface area contributed by atoms with Gasteiger partial charge < -0.3 is 4.74 Å². The number of hydrogen-bond donors (Lipinski definition) is 0. The molecule has 0 aliphatic heterocycles. The topological polar surface area (TPSA) is 69.2 Å². The lowest BCUT2D eigenvalue weighted by atomic mass is 10.3. The van der Waals surface area contributed by atoms with Gasteiger partial charge in [0.25, 0.3) is 0 Å². The number of Topliss-reactive ketones (excluding diaryl/α,β-unsaturated/α-hetero) is 1. The average Bonchev–Trinajstić information content (AvgIpc) is 2.94. The van der Waals surface area contributed by atoms with Crippen molar-refractivity contribution in [3.05, 3.63) is 32.5 Å². The number of ether oxygens (including phenoxy) is 1. The van der Waals surface area contributed by atoms with Crippen LogP contribution in [0.5, 0.6) is 0 Å². The molecule has 0 unspecified atom stereocenters. The Hall–Kier alpha value is -1.60. The zero-order chi connectivity index (χ0) is 13.1. The van der Waals surface area contributed by atoms with Gasteiger partial charge in [-0.3, -0.25) is 4.79 Å². The first-order valence-electron chi connectivity index (χ1n) is 5.13. The van der Waals surface area contributed by atoms with Gasteiger partial charge in [0, 0.05) is 0 Å². The molecule has 0 N–H and O–H groups in total. The highest BCUT2D eigenvalue weighted by molar-refractivity contribution is 7.15. The molecule has 0 fully saturated rings. The SMILES string of the molecule is CC(=O)c1ccc(C(=O)OCc2snnc2C)s1. The van der Waals surface area contributed by atoms with Gasteiger partial charge in [-0.25, -0.2) is 4.79 Å². The van der Waals surface area contributed by atoms with Crippen LogP contribution in [0.1, 0.15) is 36.8 Å². The molecule has 94 valence electrons. The molecule has 0 bridgehead atoms. The molecular weight excluding hydrogens is 272 g/mol. The molecule has 0 spiro atoms. The number of aryl methyl sites for hydroxylation is 1. The van der Waals surface area contributed by atoms with Crippen LogP contribution in [0.4, 0.5) is 0 Å². The molecule has 0 amide bonds. The highest BCUT2D eigenvalue weighted by Crippen LogP contribution is 2.19. The molecule has 0 saturated carbocycles. The van der Waals surface area contributed by atoms with Gasteiger partial charge in [0.05, 0.1) is 15.4 Å². The molecule has 2 aromatic rings. The summed E-state index contributed by atoms with van der Waals surface area (Å²) in [5.41, 5.74) is 0.767. The molecule has 7 heteroatoms. The van der Waals surface area contributed by atoms with Crippen molar-refractivity contribution in [2.45, 2.75) is 20.5 Å². The first-order valence-corrected chi connectivity index (χ1v) is 6.72. The van der Waals surface area contributed by atoms with E-state index in [1.54, 1.807) is 12.1 Å². The van der Waals surface area contributed by atoms with E-state index < -0.39 is 5.97 Å². The zero-order valence-corrected chi connectivity index (χ0v) is 11.4. The molecule has 2 aromatic heterocycles. The van der Waals surface area contributed by atoms with Gasteiger partial charge >= 0.3 is 5.97 Å². The summed E-state index contributed by atoms with van der Waals surface area (Å²) in [5.74, 6) is -0.484. The molecule has 0 aromatic carbocycles. The quantitative estimate of drug-likeness (QED) is 0.636. The molecule has 0 aliphatic rings. The van der Waals surface area contributed by atoms with Crippen LogP contribution in [0, 0.1) is 6.92 Å². The molecular formula is C11H10N2O3S2. The molecule has 0 atom stereocenters. The van der Waals surface area contributed by atoms with Crippen LogP contribution in [-0.2, 0) is 11.3 Å². The summed E-state index contributed by atoms with van der Waals surface area (Å²) in [7, 11) is 0. The number of aromatic nitrogens is 2. The minimum atomic E-state index is -0.430. The largest absolute Gasteiger partial charge is 0.456 e. The number of hydrogen-bond acceptors (Lipinski definition) is 7. The molecule has 0 saturated heterocycles. The normalized spacial score (nSPS) is 10.3. The highest BCUT2D eigenvalue weighted by atomic mass is 32.1. The second kappa shape index (κ2) is 5.36. The first-order chi connectivity index (χ1) is 8.58. The maximum absolute atomic E-state index is 11.7. The lowest BCUT2D eigenvalue weighted by molar-refractivity contribution is 0.0482. The smallest absolute Gasteiger partial charge is 0.348 e. The van der Waals surface area contributed by atoms with Gasteiger partial charge in [0.15, 0.2) is 5.78 Å². The Morgan fingerprint density at radius 1 is 1.33 bits per heavy atom. The number of thiophene rings is 1. The summed E-state index contributed by atoms with van der Waals surface area (Å²) < 4.78 is 8.89. The molecule has 5 nitrogen and oxygen atoms in total. The number of rotatable bonds is 4. The second-order valence-electron chi connectivity index (χ2n) is 3.58. The summed E-state index contributed by atoms with van der Waals surface area (Å²) in [5, 5.41) is 3.83. The van der Waals surface area contributed by atoms with E-state index in [0.717, 1.165) is 21.9 Å². The number of nitrogens with zero attached hydrogens (tertiary/aromatic N) is 2. The van der Waals surface area contributed by atoms with Gasteiger partial charge in [-0.05, 0) is 37.5 Å². The Balaban J connectivity index is 1.99. The molecule has 18 heavy (non-hydrogen) atoms. The molecule has 0 aliphatic carbocycles. The minimum absolute atomic E-state index is 0.0541. The van der Waals surface area contributed by atoms with Gasteiger partial charge in [-0.2, -0.15) is 0 Å². The first kappa shape index (κ1) is 12.8. The minimum Gasteiger partial charge on any atom is -0.456 e. The van der Waals surface area contributed by atoms with Gasteiger partial charge in [0.1, 0.15) is 11.5 Å². The third-order valence-corrected chi connectivity index (χ3v) is 4.20. The van der Waals surface area contributed by atoms with Crippen molar-refractivity contribution in [2.24, 2.45) is 0 Å². The number of ketones is 1. The maximum atomic E-state index is 11.7. The van der Waals surface area contributed by atoms with Crippen molar-refractivity contribution in [2.75, 3.05) is 0 Å². The van der Waals surface area contributed by atoms with Crippen LogP contribution >= 0.6 is 22.9 Å². The average molecular weight is 282 g/mol. The fraction of sp³-hybridized carbons (Fsp3) is 0.273. The van der Waals surface area contributed by atoms with Crippen molar-refractivity contribution in [3.8, 4) is 0 Å². The Labute approximate surface area is 112 Å². The number of carbonyl (C=O) groups excluding carboxylic acids is 2. The monoisotopic (exact) mass is 282 g/mol. The molecule has 2 heterocycles. The van der Waals surface area contributed by atoms with Crippen LogP contribution in [0.15, 0.2) is 12.1 Å². The van der Waals surface area contributed by atoms with Crippen molar-refractivity contribution in [1.82, 2.24) is 9.59 Å². The highest BCUT2D eigenvalue weighted by Gasteiger charge is 2.14. The van der Waals surface area contributed by atoms with E-state index in [4.69, 9.17) is 4.74 Å². The third kappa shape index (κ3) is 2.80. The summed E-state index contributed by atoms with van der Waals surface area (Å²) >= 11 is 2.35.